The fraction of sp³-hybridized carbons (Fsp3) is 0.176. The van der Waals surface area contributed by atoms with Gasteiger partial charge in [-0.25, -0.2) is 4.39 Å². The van der Waals surface area contributed by atoms with E-state index in [4.69, 9.17) is 0 Å². The molecule has 21 heavy (non-hydrogen) atoms. The van der Waals surface area contributed by atoms with Gasteiger partial charge in [-0.15, -0.1) is 0 Å². The standard InChI is InChI=1S/C17H16FN3/c1-2-15(12-4-3-5-13(18)10-12)21-14-6-7-16-17(11-14)20-9-8-19-16/h3-11,15,21H,2H2,1H3. The molecule has 3 nitrogen and oxygen atoms in total. The number of fused-ring (bicyclic) bond motifs is 1. The van der Waals surface area contributed by atoms with Crippen LogP contribution in [0.3, 0.4) is 0 Å². The lowest BCUT2D eigenvalue weighted by molar-refractivity contribution is 0.621. The lowest BCUT2D eigenvalue weighted by atomic mass is 10.0. The van der Waals surface area contributed by atoms with Crippen LogP contribution >= 0.6 is 0 Å². The fourth-order valence-electron chi connectivity index (χ4n) is 2.40. The van der Waals surface area contributed by atoms with E-state index < -0.39 is 0 Å². The molecule has 1 atom stereocenters. The summed E-state index contributed by atoms with van der Waals surface area (Å²) in [6.07, 6.45) is 4.22. The van der Waals surface area contributed by atoms with E-state index in [9.17, 15) is 4.39 Å². The molecule has 0 amide bonds. The molecule has 0 aliphatic carbocycles. The Labute approximate surface area is 122 Å². The Hall–Kier alpha value is -2.49. The van der Waals surface area contributed by atoms with Gasteiger partial charge in [0.2, 0.25) is 0 Å². The molecule has 4 heteroatoms. The number of benzene rings is 2. The highest BCUT2D eigenvalue weighted by molar-refractivity contribution is 5.78. The van der Waals surface area contributed by atoms with Crippen LogP contribution in [0.1, 0.15) is 24.9 Å². The molecule has 0 radical (unpaired) electrons. The van der Waals surface area contributed by atoms with E-state index in [-0.39, 0.29) is 11.9 Å². The maximum absolute atomic E-state index is 13.4. The van der Waals surface area contributed by atoms with Gasteiger partial charge in [0, 0.05) is 18.1 Å². The lowest BCUT2D eigenvalue weighted by Crippen LogP contribution is -2.09. The molecule has 106 valence electrons. The van der Waals surface area contributed by atoms with Gasteiger partial charge in [0.25, 0.3) is 0 Å². The minimum Gasteiger partial charge on any atom is -0.378 e. The zero-order valence-corrected chi connectivity index (χ0v) is 11.8. The number of rotatable bonds is 4. The summed E-state index contributed by atoms with van der Waals surface area (Å²) in [5.41, 5.74) is 3.61. The smallest absolute Gasteiger partial charge is 0.123 e. The van der Waals surface area contributed by atoms with Crippen LogP contribution in [-0.4, -0.2) is 9.97 Å². The summed E-state index contributed by atoms with van der Waals surface area (Å²) < 4.78 is 13.4. The monoisotopic (exact) mass is 281 g/mol. The predicted octanol–water partition coefficient (Wildman–Crippen LogP) is 4.33. The van der Waals surface area contributed by atoms with E-state index in [1.807, 2.05) is 24.3 Å². The zero-order valence-electron chi connectivity index (χ0n) is 11.8. The largest absolute Gasteiger partial charge is 0.378 e. The first kappa shape index (κ1) is 13.5. The average Bonchev–Trinajstić information content (AvgIpc) is 2.52. The number of aromatic nitrogens is 2. The molecule has 1 aromatic heterocycles. The number of anilines is 1. The van der Waals surface area contributed by atoms with E-state index in [2.05, 4.69) is 22.2 Å². The molecule has 0 saturated heterocycles. The Morgan fingerprint density at radius 1 is 1.05 bits per heavy atom. The Balaban J connectivity index is 1.88. The van der Waals surface area contributed by atoms with Crippen molar-refractivity contribution in [2.45, 2.75) is 19.4 Å². The summed E-state index contributed by atoms with van der Waals surface area (Å²) in [6, 6.07) is 12.6. The van der Waals surface area contributed by atoms with Gasteiger partial charge in [0.05, 0.1) is 17.1 Å². The first-order chi connectivity index (χ1) is 10.3. The van der Waals surface area contributed by atoms with Gasteiger partial charge in [-0.3, -0.25) is 9.97 Å². The van der Waals surface area contributed by atoms with Crippen LogP contribution in [0, 0.1) is 5.82 Å². The minimum absolute atomic E-state index is 0.0646. The molecule has 0 saturated carbocycles. The molecule has 2 aromatic carbocycles. The van der Waals surface area contributed by atoms with Crippen LogP contribution in [0.5, 0.6) is 0 Å². The second kappa shape index (κ2) is 5.87. The third-order valence-electron chi connectivity index (χ3n) is 3.47. The molecule has 0 aliphatic rings. The molecule has 0 bridgehead atoms. The number of halogens is 1. The number of nitrogens with one attached hydrogen (secondary N) is 1. The van der Waals surface area contributed by atoms with Crippen molar-refractivity contribution in [3.63, 3.8) is 0 Å². The summed E-state index contributed by atoms with van der Waals surface area (Å²) >= 11 is 0. The maximum atomic E-state index is 13.4. The molecule has 0 spiro atoms. The first-order valence-corrected chi connectivity index (χ1v) is 6.99. The Morgan fingerprint density at radius 2 is 1.86 bits per heavy atom. The second-order valence-electron chi connectivity index (χ2n) is 4.92. The van der Waals surface area contributed by atoms with E-state index in [0.29, 0.717) is 0 Å². The SMILES string of the molecule is CCC(Nc1ccc2nccnc2c1)c1cccc(F)c1. The third-order valence-corrected chi connectivity index (χ3v) is 3.47. The number of nitrogens with zero attached hydrogens (tertiary/aromatic N) is 2. The van der Waals surface area contributed by atoms with Crippen LogP contribution < -0.4 is 5.32 Å². The van der Waals surface area contributed by atoms with Crippen LogP contribution in [0.15, 0.2) is 54.9 Å². The van der Waals surface area contributed by atoms with Gasteiger partial charge in [0.1, 0.15) is 5.82 Å². The Morgan fingerprint density at radius 3 is 2.62 bits per heavy atom. The Bertz CT molecular complexity index is 758. The van der Waals surface area contributed by atoms with Crippen molar-refractivity contribution in [2.24, 2.45) is 0 Å². The van der Waals surface area contributed by atoms with E-state index in [1.54, 1.807) is 24.5 Å². The van der Waals surface area contributed by atoms with Crippen LogP contribution in [0.2, 0.25) is 0 Å². The Kier molecular flexibility index (Phi) is 3.77. The molecular formula is C17H16FN3. The molecule has 1 unspecified atom stereocenters. The normalized spacial score (nSPS) is 12.3. The van der Waals surface area contributed by atoms with Crippen molar-refractivity contribution in [2.75, 3.05) is 5.32 Å². The highest BCUT2D eigenvalue weighted by atomic mass is 19.1. The van der Waals surface area contributed by atoms with Crippen molar-refractivity contribution in [1.29, 1.82) is 0 Å². The van der Waals surface area contributed by atoms with Gasteiger partial charge in [-0.2, -0.15) is 0 Å². The number of hydrogen-bond acceptors (Lipinski definition) is 3. The van der Waals surface area contributed by atoms with E-state index in [0.717, 1.165) is 28.7 Å². The summed E-state index contributed by atoms with van der Waals surface area (Å²) in [4.78, 5) is 8.55. The zero-order chi connectivity index (χ0) is 14.7. The van der Waals surface area contributed by atoms with Gasteiger partial charge >= 0.3 is 0 Å². The van der Waals surface area contributed by atoms with Gasteiger partial charge < -0.3 is 5.32 Å². The fourth-order valence-corrected chi connectivity index (χ4v) is 2.40. The quantitative estimate of drug-likeness (QED) is 0.773. The van der Waals surface area contributed by atoms with Gasteiger partial charge in [-0.05, 0) is 42.3 Å². The van der Waals surface area contributed by atoms with Crippen molar-refractivity contribution < 1.29 is 4.39 Å². The highest BCUT2D eigenvalue weighted by Gasteiger charge is 2.10. The van der Waals surface area contributed by atoms with Crippen molar-refractivity contribution in [1.82, 2.24) is 9.97 Å². The molecule has 1 N–H and O–H groups in total. The van der Waals surface area contributed by atoms with Crippen molar-refractivity contribution >= 4 is 16.7 Å². The summed E-state index contributed by atoms with van der Waals surface area (Å²) in [5, 5.41) is 3.43. The molecule has 3 aromatic rings. The summed E-state index contributed by atoms with van der Waals surface area (Å²) in [7, 11) is 0. The average molecular weight is 281 g/mol. The van der Waals surface area contributed by atoms with Gasteiger partial charge in [0.15, 0.2) is 0 Å². The molecule has 3 rings (SSSR count). The highest BCUT2D eigenvalue weighted by Crippen LogP contribution is 2.24. The van der Waals surface area contributed by atoms with Crippen LogP contribution in [0.25, 0.3) is 11.0 Å². The molecule has 0 aliphatic heterocycles. The maximum Gasteiger partial charge on any atom is 0.123 e. The third kappa shape index (κ3) is 2.99. The van der Waals surface area contributed by atoms with Crippen molar-refractivity contribution in [3.05, 3.63) is 66.2 Å². The topological polar surface area (TPSA) is 37.8 Å². The van der Waals surface area contributed by atoms with Gasteiger partial charge in [-0.1, -0.05) is 19.1 Å². The summed E-state index contributed by atoms with van der Waals surface area (Å²) in [5.74, 6) is -0.211. The molecule has 0 fully saturated rings. The minimum atomic E-state index is -0.211. The predicted molar refractivity (Wildman–Crippen MR) is 82.6 cm³/mol. The lowest BCUT2D eigenvalue weighted by Gasteiger charge is -2.19. The number of hydrogen-bond donors (Lipinski definition) is 1. The second-order valence-corrected chi connectivity index (χ2v) is 4.92. The van der Waals surface area contributed by atoms with E-state index >= 15 is 0 Å². The van der Waals surface area contributed by atoms with Crippen LogP contribution in [-0.2, 0) is 0 Å². The van der Waals surface area contributed by atoms with E-state index in [1.165, 1.54) is 6.07 Å². The molecule has 1 heterocycles. The van der Waals surface area contributed by atoms with Crippen molar-refractivity contribution in [3.8, 4) is 0 Å². The molecular weight excluding hydrogens is 265 g/mol. The van der Waals surface area contributed by atoms with Crippen LogP contribution in [0.4, 0.5) is 10.1 Å². The first-order valence-electron chi connectivity index (χ1n) is 6.99. The summed E-state index contributed by atoms with van der Waals surface area (Å²) in [6.45, 7) is 2.07.